The summed E-state index contributed by atoms with van der Waals surface area (Å²) in [6.07, 6.45) is 0. The molecule has 2 nitrogen and oxygen atoms in total. The predicted octanol–water partition coefficient (Wildman–Crippen LogP) is 3.53. The predicted molar refractivity (Wildman–Crippen MR) is 68.1 cm³/mol. The van der Waals surface area contributed by atoms with Crippen LogP contribution in [0.3, 0.4) is 0 Å². The van der Waals surface area contributed by atoms with Crippen LogP contribution in [0.15, 0.2) is 23.1 Å². The molecule has 0 saturated carbocycles. The first-order chi connectivity index (χ1) is 7.54. The first-order valence-electron chi connectivity index (χ1n) is 5.36. The van der Waals surface area contributed by atoms with Gasteiger partial charge in [0.15, 0.2) is 0 Å². The molecule has 16 heavy (non-hydrogen) atoms. The van der Waals surface area contributed by atoms with Gasteiger partial charge in [0.05, 0.1) is 12.7 Å². The van der Waals surface area contributed by atoms with Crippen LogP contribution >= 0.6 is 11.8 Å². The van der Waals surface area contributed by atoms with Crippen molar-refractivity contribution in [1.82, 2.24) is 0 Å². The molecule has 0 aliphatic heterocycles. The molecular formula is C13H18O2S. The minimum atomic E-state index is -0.255. The molecule has 0 aliphatic rings. The van der Waals surface area contributed by atoms with Gasteiger partial charge in [-0.3, -0.25) is 0 Å². The Kier molecular flexibility index (Phi) is 4.87. The molecule has 0 fully saturated rings. The summed E-state index contributed by atoms with van der Waals surface area (Å²) in [4.78, 5) is 12.6. The van der Waals surface area contributed by atoms with E-state index in [0.29, 0.717) is 11.5 Å². The number of thioether (sulfide) groups is 1. The van der Waals surface area contributed by atoms with E-state index in [1.165, 1.54) is 7.11 Å². The Balaban J connectivity index is 2.93. The number of rotatable bonds is 4. The third-order valence-electron chi connectivity index (χ3n) is 2.11. The van der Waals surface area contributed by atoms with Crippen LogP contribution in [0.1, 0.15) is 29.8 Å². The molecule has 0 atom stereocenters. The van der Waals surface area contributed by atoms with Crippen molar-refractivity contribution in [1.29, 1.82) is 0 Å². The van der Waals surface area contributed by atoms with Gasteiger partial charge in [0.25, 0.3) is 0 Å². The molecule has 0 bridgehead atoms. The highest BCUT2D eigenvalue weighted by atomic mass is 32.2. The minimum Gasteiger partial charge on any atom is -0.465 e. The Labute approximate surface area is 101 Å². The van der Waals surface area contributed by atoms with E-state index >= 15 is 0 Å². The first-order valence-corrected chi connectivity index (χ1v) is 6.35. The number of hydrogen-bond acceptors (Lipinski definition) is 3. The molecule has 0 spiro atoms. The Morgan fingerprint density at radius 1 is 1.44 bits per heavy atom. The molecule has 0 unspecified atom stereocenters. The van der Waals surface area contributed by atoms with Crippen molar-refractivity contribution < 1.29 is 9.53 Å². The Morgan fingerprint density at radius 3 is 2.69 bits per heavy atom. The maximum atomic E-state index is 11.6. The SMILES string of the molecule is COC(=O)c1cc(C)ccc1SCC(C)C. The highest BCUT2D eigenvalue weighted by Crippen LogP contribution is 2.26. The van der Waals surface area contributed by atoms with Gasteiger partial charge in [-0.15, -0.1) is 11.8 Å². The summed E-state index contributed by atoms with van der Waals surface area (Å²) in [7, 11) is 1.42. The second-order valence-corrected chi connectivity index (χ2v) is 5.26. The second kappa shape index (κ2) is 5.94. The van der Waals surface area contributed by atoms with Gasteiger partial charge in [0.1, 0.15) is 0 Å². The fraction of sp³-hybridized carbons (Fsp3) is 0.462. The fourth-order valence-electron chi connectivity index (χ4n) is 1.30. The van der Waals surface area contributed by atoms with Crippen molar-refractivity contribution in [2.45, 2.75) is 25.7 Å². The minimum absolute atomic E-state index is 0.255. The van der Waals surface area contributed by atoms with Crippen LogP contribution in [-0.4, -0.2) is 18.8 Å². The number of carbonyl (C=O) groups is 1. The van der Waals surface area contributed by atoms with Crippen LogP contribution in [0.2, 0.25) is 0 Å². The average molecular weight is 238 g/mol. The zero-order valence-electron chi connectivity index (χ0n) is 10.2. The van der Waals surface area contributed by atoms with Gasteiger partial charge in [-0.25, -0.2) is 4.79 Å². The van der Waals surface area contributed by atoms with Gasteiger partial charge < -0.3 is 4.74 Å². The fourth-order valence-corrected chi connectivity index (χ4v) is 2.27. The highest BCUT2D eigenvalue weighted by Gasteiger charge is 2.12. The summed E-state index contributed by atoms with van der Waals surface area (Å²) in [5.41, 5.74) is 1.75. The lowest BCUT2D eigenvalue weighted by Gasteiger charge is -2.09. The quantitative estimate of drug-likeness (QED) is 0.593. The number of aryl methyl sites for hydroxylation is 1. The summed E-state index contributed by atoms with van der Waals surface area (Å²) < 4.78 is 4.79. The van der Waals surface area contributed by atoms with Gasteiger partial charge in [-0.05, 0) is 25.0 Å². The molecule has 0 aliphatic carbocycles. The molecule has 1 aromatic carbocycles. The maximum absolute atomic E-state index is 11.6. The topological polar surface area (TPSA) is 26.3 Å². The van der Waals surface area contributed by atoms with Gasteiger partial charge in [-0.2, -0.15) is 0 Å². The molecule has 88 valence electrons. The smallest absolute Gasteiger partial charge is 0.339 e. The van der Waals surface area contributed by atoms with E-state index < -0.39 is 0 Å². The molecule has 0 amide bonds. The molecule has 1 aromatic rings. The molecule has 0 saturated heterocycles. The summed E-state index contributed by atoms with van der Waals surface area (Å²) in [6, 6.07) is 5.90. The number of benzene rings is 1. The van der Waals surface area contributed by atoms with E-state index in [-0.39, 0.29) is 5.97 Å². The van der Waals surface area contributed by atoms with Crippen LogP contribution in [0.25, 0.3) is 0 Å². The van der Waals surface area contributed by atoms with Gasteiger partial charge >= 0.3 is 5.97 Å². The van der Waals surface area contributed by atoms with Crippen LogP contribution in [0.5, 0.6) is 0 Å². The Morgan fingerprint density at radius 2 is 2.12 bits per heavy atom. The van der Waals surface area contributed by atoms with E-state index in [1.807, 2.05) is 25.1 Å². The lowest BCUT2D eigenvalue weighted by Crippen LogP contribution is -2.04. The molecule has 1 rings (SSSR count). The van der Waals surface area contributed by atoms with Crippen LogP contribution < -0.4 is 0 Å². The number of methoxy groups -OCH3 is 1. The number of esters is 1. The summed E-state index contributed by atoms with van der Waals surface area (Å²) >= 11 is 1.71. The number of ether oxygens (including phenoxy) is 1. The standard InChI is InChI=1S/C13H18O2S/c1-9(2)8-16-12-6-5-10(3)7-11(12)13(14)15-4/h5-7,9H,8H2,1-4H3. The van der Waals surface area contributed by atoms with E-state index in [1.54, 1.807) is 11.8 Å². The zero-order chi connectivity index (χ0) is 12.1. The lowest BCUT2D eigenvalue weighted by molar-refractivity contribution is 0.0596. The lowest BCUT2D eigenvalue weighted by atomic mass is 10.1. The third-order valence-corrected chi connectivity index (χ3v) is 3.61. The van der Waals surface area contributed by atoms with E-state index in [9.17, 15) is 4.79 Å². The highest BCUT2D eigenvalue weighted by molar-refractivity contribution is 7.99. The summed E-state index contributed by atoms with van der Waals surface area (Å²) in [5, 5.41) is 0. The normalized spacial score (nSPS) is 10.6. The van der Waals surface area contributed by atoms with Crippen LogP contribution in [0, 0.1) is 12.8 Å². The second-order valence-electron chi connectivity index (χ2n) is 4.20. The summed E-state index contributed by atoms with van der Waals surface area (Å²) in [5.74, 6) is 1.36. The van der Waals surface area contributed by atoms with Gasteiger partial charge in [0.2, 0.25) is 0 Å². The van der Waals surface area contributed by atoms with Crippen molar-refractivity contribution in [2.24, 2.45) is 5.92 Å². The molecule has 0 aromatic heterocycles. The third kappa shape index (κ3) is 3.56. The van der Waals surface area contributed by atoms with Crippen molar-refractivity contribution >= 4 is 17.7 Å². The van der Waals surface area contributed by atoms with Gasteiger partial charge in [0, 0.05) is 10.6 Å². The molecule has 3 heteroatoms. The van der Waals surface area contributed by atoms with Crippen molar-refractivity contribution in [3.63, 3.8) is 0 Å². The Bertz CT molecular complexity index is 372. The number of hydrogen-bond donors (Lipinski definition) is 0. The molecular weight excluding hydrogens is 220 g/mol. The van der Waals surface area contributed by atoms with Crippen molar-refractivity contribution in [3.05, 3.63) is 29.3 Å². The molecule has 0 heterocycles. The van der Waals surface area contributed by atoms with Gasteiger partial charge in [-0.1, -0.05) is 25.5 Å². The molecule has 0 N–H and O–H groups in total. The van der Waals surface area contributed by atoms with Crippen LogP contribution in [-0.2, 0) is 4.74 Å². The molecule has 0 radical (unpaired) electrons. The summed E-state index contributed by atoms with van der Waals surface area (Å²) in [6.45, 7) is 6.31. The van der Waals surface area contributed by atoms with E-state index in [0.717, 1.165) is 16.2 Å². The maximum Gasteiger partial charge on any atom is 0.339 e. The van der Waals surface area contributed by atoms with E-state index in [4.69, 9.17) is 4.74 Å². The van der Waals surface area contributed by atoms with Crippen molar-refractivity contribution in [3.8, 4) is 0 Å². The van der Waals surface area contributed by atoms with Crippen LogP contribution in [0.4, 0.5) is 0 Å². The monoisotopic (exact) mass is 238 g/mol. The first kappa shape index (κ1) is 13.1. The van der Waals surface area contributed by atoms with E-state index in [2.05, 4.69) is 13.8 Å². The average Bonchev–Trinajstić information content (AvgIpc) is 2.26. The number of carbonyl (C=O) groups excluding carboxylic acids is 1. The zero-order valence-corrected chi connectivity index (χ0v) is 11.1. The Hall–Kier alpha value is -0.960. The van der Waals surface area contributed by atoms with Crippen molar-refractivity contribution in [2.75, 3.05) is 12.9 Å². The largest absolute Gasteiger partial charge is 0.465 e.